The van der Waals surface area contributed by atoms with Crippen molar-refractivity contribution < 1.29 is 4.79 Å². The zero-order chi connectivity index (χ0) is 18.4. The van der Waals surface area contributed by atoms with Gasteiger partial charge in [-0.25, -0.2) is 4.98 Å². The number of nitrogens with zero attached hydrogens (tertiary/aromatic N) is 2. The monoisotopic (exact) mass is 361 g/mol. The van der Waals surface area contributed by atoms with Gasteiger partial charge in [-0.05, 0) is 44.5 Å². The van der Waals surface area contributed by atoms with Crippen molar-refractivity contribution in [1.29, 1.82) is 0 Å². The maximum Gasteiger partial charge on any atom is 0.253 e. The molecule has 1 heterocycles. The molecule has 25 heavy (non-hydrogen) atoms. The summed E-state index contributed by atoms with van der Waals surface area (Å²) in [5.74, 6) is 0.0859. The van der Waals surface area contributed by atoms with E-state index in [1.165, 1.54) is 11.8 Å². The molecule has 1 aromatic heterocycles. The molecule has 0 saturated heterocycles. The van der Waals surface area contributed by atoms with E-state index in [0.29, 0.717) is 5.16 Å². The van der Waals surface area contributed by atoms with Crippen LogP contribution < -0.4 is 21.5 Å². The first-order valence-corrected chi connectivity index (χ1v) is 9.06. The van der Waals surface area contributed by atoms with Crippen LogP contribution in [0, 0.1) is 6.92 Å². The Morgan fingerprint density at radius 2 is 2.04 bits per heavy atom. The summed E-state index contributed by atoms with van der Waals surface area (Å²) >= 11 is 1.13. The van der Waals surface area contributed by atoms with Crippen LogP contribution in [0.4, 0.5) is 17.2 Å². The van der Waals surface area contributed by atoms with Gasteiger partial charge in [-0.3, -0.25) is 9.59 Å². The smallest absolute Gasteiger partial charge is 0.253 e. The lowest BCUT2D eigenvalue weighted by atomic mass is 10.1. The molecule has 0 fully saturated rings. The SMILES string of the molecule is CCN(CC)c1ccc(NC(=O)CSc2nc(N)cc(=O)[nH]2)cc1C. The summed E-state index contributed by atoms with van der Waals surface area (Å²) in [4.78, 5) is 32.2. The molecule has 134 valence electrons. The number of nitrogens with one attached hydrogen (secondary N) is 2. The maximum atomic E-state index is 12.1. The first-order chi connectivity index (χ1) is 11.9. The zero-order valence-corrected chi connectivity index (χ0v) is 15.4. The third kappa shape index (κ3) is 5.25. The third-order valence-electron chi connectivity index (χ3n) is 3.66. The maximum absolute atomic E-state index is 12.1. The van der Waals surface area contributed by atoms with Gasteiger partial charge in [-0.2, -0.15) is 0 Å². The van der Waals surface area contributed by atoms with Gasteiger partial charge in [0.05, 0.1) is 5.75 Å². The molecule has 0 saturated carbocycles. The van der Waals surface area contributed by atoms with E-state index < -0.39 is 0 Å². The Labute approximate surface area is 151 Å². The molecule has 7 nitrogen and oxygen atoms in total. The number of thioether (sulfide) groups is 1. The molecule has 0 aliphatic heterocycles. The summed E-state index contributed by atoms with van der Waals surface area (Å²) < 4.78 is 0. The van der Waals surface area contributed by atoms with Gasteiger partial charge in [0, 0.05) is 30.5 Å². The number of aromatic amines is 1. The van der Waals surface area contributed by atoms with E-state index in [1.54, 1.807) is 0 Å². The van der Waals surface area contributed by atoms with Gasteiger partial charge in [0.15, 0.2) is 5.16 Å². The molecule has 0 unspecified atom stereocenters. The highest BCUT2D eigenvalue weighted by molar-refractivity contribution is 7.99. The number of benzene rings is 1. The Kier molecular flexibility index (Phi) is 6.46. The highest BCUT2D eigenvalue weighted by atomic mass is 32.2. The van der Waals surface area contributed by atoms with Crippen LogP contribution in [0.25, 0.3) is 0 Å². The lowest BCUT2D eigenvalue weighted by Gasteiger charge is -2.23. The second-order valence-corrected chi connectivity index (χ2v) is 6.45. The van der Waals surface area contributed by atoms with Gasteiger partial charge in [-0.15, -0.1) is 0 Å². The number of aryl methyl sites for hydroxylation is 1. The molecule has 1 amide bonds. The minimum absolute atomic E-state index is 0.128. The van der Waals surface area contributed by atoms with Crippen molar-refractivity contribution in [2.45, 2.75) is 25.9 Å². The van der Waals surface area contributed by atoms with Crippen molar-refractivity contribution in [2.24, 2.45) is 0 Å². The van der Waals surface area contributed by atoms with Crippen LogP contribution >= 0.6 is 11.8 Å². The van der Waals surface area contributed by atoms with E-state index in [-0.39, 0.29) is 23.0 Å². The average Bonchev–Trinajstić information content (AvgIpc) is 2.55. The van der Waals surface area contributed by atoms with Gasteiger partial charge in [-0.1, -0.05) is 11.8 Å². The molecular formula is C17H23N5O2S. The van der Waals surface area contributed by atoms with Crippen LogP contribution in [0.5, 0.6) is 0 Å². The van der Waals surface area contributed by atoms with Crippen molar-refractivity contribution in [3.63, 3.8) is 0 Å². The number of carbonyl (C=O) groups excluding carboxylic acids is 1. The first kappa shape index (κ1) is 18.9. The predicted octanol–water partition coefficient (Wildman–Crippen LogP) is 2.24. The minimum Gasteiger partial charge on any atom is -0.383 e. The van der Waals surface area contributed by atoms with Crippen molar-refractivity contribution in [3.05, 3.63) is 40.2 Å². The summed E-state index contributed by atoms with van der Waals surface area (Å²) in [7, 11) is 0. The molecule has 0 aliphatic carbocycles. The fourth-order valence-electron chi connectivity index (χ4n) is 2.50. The Morgan fingerprint density at radius 3 is 2.64 bits per heavy atom. The van der Waals surface area contributed by atoms with Gasteiger partial charge in [0.1, 0.15) is 5.82 Å². The number of hydrogen-bond acceptors (Lipinski definition) is 6. The molecule has 4 N–H and O–H groups in total. The molecule has 0 bridgehead atoms. The Hall–Kier alpha value is -2.48. The van der Waals surface area contributed by atoms with Gasteiger partial charge < -0.3 is 20.9 Å². The highest BCUT2D eigenvalue weighted by Gasteiger charge is 2.09. The second-order valence-electron chi connectivity index (χ2n) is 5.49. The lowest BCUT2D eigenvalue weighted by Crippen LogP contribution is -2.22. The molecule has 0 aliphatic rings. The molecule has 0 radical (unpaired) electrons. The quantitative estimate of drug-likeness (QED) is 0.516. The predicted molar refractivity (Wildman–Crippen MR) is 103 cm³/mol. The summed E-state index contributed by atoms with van der Waals surface area (Å²) in [5, 5.41) is 3.18. The average molecular weight is 361 g/mol. The van der Waals surface area contributed by atoms with Crippen molar-refractivity contribution in [3.8, 4) is 0 Å². The van der Waals surface area contributed by atoms with Crippen molar-refractivity contribution in [2.75, 3.05) is 34.8 Å². The standard InChI is InChI=1S/C17H23N5O2S/c1-4-22(5-2)13-7-6-12(8-11(13)3)19-16(24)10-25-17-20-14(18)9-15(23)21-17/h6-9H,4-5,10H2,1-3H3,(H,19,24)(H3,18,20,21,23). The van der Waals surface area contributed by atoms with E-state index in [2.05, 4.69) is 34.0 Å². The number of H-pyrrole nitrogens is 1. The largest absolute Gasteiger partial charge is 0.383 e. The van der Waals surface area contributed by atoms with Crippen LogP contribution in [0.2, 0.25) is 0 Å². The fraction of sp³-hybridized carbons (Fsp3) is 0.353. The number of aromatic nitrogens is 2. The zero-order valence-electron chi connectivity index (χ0n) is 14.6. The van der Waals surface area contributed by atoms with E-state index in [4.69, 9.17) is 5.73 Å². The Morgan fingerprint density at radius 1 is 1.32 bits per heavy atom. The molecule has 1 aromatic carbocycles. The van der Waals surface area contributed by atoms with Crippen LogP contribution in [-0.4, -0.2) is 34.7 Å². The van der Waals surface area contributed by atoms with E-state index in [0.717, 1.165) is 36.1 Å². The number of anilines is 3. The normalized spacial score (nSPS) is 10.5. The number of amides is 1. The van der Waals surface area contributed by atoms with Crippen LogP contribution in [0.3, 0.4) is 0 Å². The number of nitrogens with two attached hydrogens (primary N) is 1. The van der Waals surface area contributed by atoms with Gasteiger partial charge in [0.2, 0.25) is 5.91 Å². The Balaban J connectivity index is 1.98. The summed E-state index contributed by atoms with van der Waals surface area (Å²) in [6, 6.07) is 7.06. The van der Waals surface area contributed by atoms with Crippen LogP contribution in [0.15, 0.2) is 34.2 Å². The summed E-state index contributed by atoms with van der Waals surface area (Å²) in [5.41, 5.74) is 8.20. The first-order valence-electron chi connectivity index (χ1n) is 8.08. The van der Waals surface area contributed by atoms with Crippen molar-refractivity contribution in [1.82, 2.24) is 9.97 Å². The van der Waals surface area contributed by atoms with E-state index in [9.17, 15) is 9.59 Å². The molecule has 0 spiro atoms. The number of rotatable bonds is 7. The number of carbonyl (C=O) groups is 1. The summed E-state index contributed by atoms with van der Waals surface area (Å²) in [6.07, 6.45) is 0. The third-order valence-corrected chi connectivity index (χ3v) is 4.54. The lowest BCUT2D eigenvalue weighted by molar-refractivity contribution is -0.113. The fourth-order valence-corrected chi connectivity index (χ4v) is 3.19. The summed E-state index contributed by atoms with van der Waals surface area (Å²) in [6.45, 7) is 8.13. The molecule has 0 atom stereocenters. The Bertz CT molecular complexity index is 802. The van der Waals surface area contributed by atoms with Crippen molar-refractivity contribution >= 4 is 34.9 Å². The second kappa shape index (κ2) is 8.57. The molecule has 2 aromatic rings. The van der Waals surface area contributed by atoms with E-state index in [1.807, 2.05) is 25.1 Å². The van der Waals surface area contributed by atoms with Gasteiger partial charge in [0.25, 0.3) is 5.56 Å². The highest BCUT2D eigenvalue weighted by Crippen LogP contribution is 2.23. The topological polar surface area (TPSA) is 104 Å². The number of hydrogen-bond donors (Lipinski definition) is 3. The van der Waals surface area contributed by atoms with Gasteiger partial charge >= 0.3 is 0 Å². The van der Waals surface area contributed by atoms with Crippen LogP contribution in [0.1, 0.15) is 19.4 Å². The van der Waals surface area contributed by atoms with E-state index >= 15 is 0 Å². The van der Waals surface area contributed by atoms with Crippen LogP contribution in [-0.2, 0) is 4.79 Å². The number of nitrogen functional groups attached to an aromatic ring is 1. The molecule has 8 heteroatoms. The molecular weight excluding hydrogens is 338 g/mol. The molecule has 2 rings (SSSR count). The minimum atomic E-state index is -0.335.